The molecule has 174 valence electrons. The third-order valence-electron chi connectivity index (χ3n) is 4.92. The predicted molar refractivity (Wildman–Crippen MR) is 129 cm³/mol. The van der Waals surface area contributed by atoms with E-state index in [0.717, 1.165) is 11.1 Å². The molecule has 1 atom stereocenters. The van der Waals surface area contributed by atoms with Gasteiger partial charge in [-0.2, -0.15) is 4.72 Å². The molecule has 3 aromatic carbocycles. The topological polar surface area (TPSA) is 93.7 Å². The van der Waals surface area contributed by atoms with Crippen LogP contribution in [0.25, 0.3) is 0 Å². The normalized spacial score (nSPS) is 12.1. The molecule has 0 fully saturated rings. The zero-order valence-electron chi connectivity index (χ0n) is 18.5. The first-order valence-corrected chi connectivity index (χ1v) is 11.9. The van der Waals surface area contributed by atoms with Crippen LogP contribution in [0.2, 0.25) is 5.02 Å². The lowest BCUT2D eigenvalue weighted by atomic mass is 10.1. The summed E-state index contributed by atoms with van der Waals surface area (Å²) in [6.45, 7) is 1.78. The van der Waals surface area contributed by atoms with Crippen LogP contribution in [0.15, 0.2) is 71.6 Å². The predicted octanol–water partition coefficient (Wildman–Crippen LogP) is 4.19. The number of amides is 1. The van der Waals surface area contributed by atoms with Crippen molar-refractivity contribution in [1.29, 1.82) is 0 Å². The average Bonchev–Trinajstić information content (AvgIpc) is 2.79. The summed E-state index contributed by atoms with van der Waals surface area (Å²) in [7, 11) is -1.20. The molecule has 0 aromatic heterocycles. The second-order valence-corrected chi connectivity index (χ2v) is 9.45. The number of hydrogen-bond acceptors (Lipinski definition) is 5. The number of halogens is 1. The molecular weight excluding hydrogens is 464 g/mol. The van der Waals surface area contributed by atoms with Crippen molar-refractivity contribution in [3.8, 4) is 11.5 Å². The zero-order chi connectivity index (χ0) is 24.0. The zero-order valence-corrected chi connectivity index (χ0v) is 20.0. The molecule has 33 heavy (non-hydrogen) atoms. The summed E-state index contributed by atoms with van der Waals surface area (Å²) < 4.78 is 39.4. The molecule has 0 saturated carbocycles. The van der Waals surface area contributed by atoms with Crippen molar-refractivity contribution >= 4 is 33.2 Å². The molecule has 0 radical (unpaired) electrons. The minimum absolute atomic E-state index is 0.0386. The van der Waals surface area contributed by atoms with Gasteiger partial charge >= 0.3 is 0 Å². The molecule has 0 aliphatic rings. The van der Waals surface area contributed by atoms with Crippen LogP contribution in [0.5, 0.6) is 11.5 Å². The van der Waals surface area contributed by atoms with Gasteiger partial charge in [0.15, 0.2) is 0 Å². The number of rotatable bonds is 9. The highest BCUT2D eigenvalue weighted by atomic mass is 35.5. The number of ether oxygens (including phenoxy) is 2. The number of nitrogens with one attached hydrogen (secondary N) is 2. The van der Waals surface area contributed by atoms with Gasteiger partial charge in [0.05, 0.1) is 19.2 Å². The van der Waals surface area contributed by atoms with Crippen LogP contribution in [0.3, 0.4) is 0 Å². The first kappa shape index (κ1) is 24.6. The van der Waals surface area contributed by atoms with E-state index >= 15 is 0 Å². The van der Waals surface area contributed by atoms with Crippen LogP contribution in [0.1, 0.15) is 11.1 Å². The number of hydrogen-bond donors (Lipinski definition) is 2. The molecule has 7 nitrogen and oxygen atoms in total. The molecule has 0 aliphatic heterocycles. The highest BCUT2D eigenvalue weighted by Gasteiger charge is 2.28. The number of carbonyl (C=O) groups is 1. The molecule has 0 unspecified atom stereocenters. The summed E-state index contributed by atoms with van der Waals surface area (Å²) in [4.78, 5) is 13.1. The fourth-order valence-electron chi connectivity index (χ4n) is 3.26. The first-order valence-electron chi connectivity index (χ1n) is 10.1. The summed E-state index contributed by atoms with van der Waals surface area (Å²) in [5, 5.41) is 3.05. The Hall–Kier alpha value is -3.07. The van der Waals surface area contributed by atoms with E-state index in [1.807, 2.05) is 30.3 Å². The lowest BCUT2D eigenvalue weighted by Gasteiger charge is -2.20. The maximum absolute atomic E-state index is 13.3. The SMILES string of the molecule is COc1ccc(NC(=O)[C@@H](Cc2ccccc2)NS(=O)(=O)c2cc(C)ccc2OC)cc1Cl. The molecule has 0 saturated heterocycles. The van der Waals surface area contributed by atoms with Gasteiger partial charge in [0, 0.05) is 5.69 Å². The summed E-state index contributed by atoms with van der Waals surface area (Å²) >= 11 is 6.16. The molecule has 3 aromatic rings. The smallest absolute Gasteiger partial charge is 0.245 e. The number of sulfonamides is 1. The third kappa shape index (κ3) is 6.25. The number of aryl methyl sites for hydroxylation is 1. The second kappa shape index (κ2) is 10.7. The van der Waals surface area contributed by atoms with E-state index in [-0.39, 0.29) is 17.1 Å². The van der Waals surface area contributed by atoms with Crippen LogP contribution in [-0.2, 0) is 21.2 Å². The van der Waals surface area contributed by atoms with Gasteiger partial charge in [-0.3, -0.25) is 4.79 Å². The van der Waals surface area contributed by atoms with Crippen molar-refractivity contribution in [2.75, 3.05) is 19.5 Å². The minimum Gasteiger partial charge on any atom is -0.495 e. The Morgan fingerprint density at radius 3 is 2.27 bits per heavy atom. The fourth-order valence-corrected chi connectivity index (χ4v) is 4.96. The van der Waals surface area contributed by atoms with Crippen molar-refractivity contribution in [2.45, 2.75) is 24.3 Å². The van der Waals surface area contributed by atoms with E-state index in [1.165, 1.54) is 26.4 Å². The lowest BCUT2D eigenvalue weighted by Crippen LogP contribution is -2.45. The van der Waals surface area contributed by atoms with Crippen LogP contribution >= 0.6 is 11.6 Å². The maximum atomic E-state index is 13.3. The van der Waals surface area contributed by atoms with E-state index in [9.17, 15) is 13.2 Å². The van der Waals surface area contributed by atoms with Crippen LogP contribution in [0.4, 0.5) is 5.69 Å². The lowest BCUT2D eigenvalue weighted by molar-refractivity contribution is -0.117. The number of methoxy groups -OCH3 is 2. The fraction of sp³-hybridized carbons (Fsp3) is 0.208. The van der Waals surface area contributed by atoms with Gasteiger partial charge in [-0.05, 0) is 54.8 Å². The van der Waals surface area contributed by atoms with E-state index in [1.54, 1.807) is 31.2 Å². The number of benzene rings is 3. The Morgan fingerprint density at radius 1 is 0.970 bits per heavy atom. The van der Waals surface area contributed by atoms with Gasteiger partial charge in [-0.1, -0.05) is 48.0 Å². The average molecular weight is 489 g/mol. The summed E-state index contributed by atoms with van der Waals surface area (Å²) in [5.41, 5.74) is 1.95. The Balaban J connectivity index is 1.92. The van der Waals surface area contributed by atoms with Gasteiger partial charge in [0.1, 0.15) is 22.4 Å². The standard InChI is InChI=1S/C24H25ClN2O5S/c1-16-9-11-22(32-3)23(13-16)33(29,30)27-20(14-17-7-5-4-6-8-17)24(28)26-18-10-12-21(31-2)19(25)15-18/h4-13,15,20,27H,14H2,1-3H3,(H,26,28)/t20-/m1/s1. The molecule has 9 heteroatoms. The highest BCUT2D eigenvalue weighted by molar-refractivity contribution is 7.89. The highest BCUT2D eigenvalue weighted by Crippen LogP contribution is 2.28. The Bertz CT molecular complexity index is 1230. The quantitative estimate of drug-likeness (QED) is 0.471. The molecule has 1 amide bonds. The monoisotopic (exact) mass is 488 g/mol. The molecule has 2 N–H and O–H groups in total. The van der Waals surface area contributed by atoms with Crippen molar-refractivity contribution in [3.05, 3.63) is 82.9 Å². The van der Waals surface area contributed by atoms with Crippen LogP contribution < -0.4 is 19.5 Å². The minimum atomic E-state index is -4.08. The Kier molecular flexibility index (Phi) is 7.97. The molecule has 3 rings (SSSR count). The van der Waals surface area contributed by atoms with E-state index in [4.69, 9.17) is 21.1 Å². The number of anilines is 1. The summed E-state index contributed by atoms with van der Waals surface area (Å²) in [6.07, 6.45) is 0.143. The van der Waals surface area contributed by atoms with Crippen molar-refractivity contribution in [1.82, 2.24) is 4.72 Å². The molecular formula is C24H25ClN2O5S. The Labute approximate surface area is 198 Å². The number of carbonyl (C=O) groups excluding carboxylic acids is 1. The first-order chi connectivity index (χ1) is 15.7. The van der Waals surface area contributed by atoms with Gasteiger partial charge in [-0.15, -0.1) is 0 Å². The second-order valence-electron chi connectivity index (χ2n) is 7.36. The van der Waals surface area contributed by atoms with Crippen LogP contribution in [-0.4, -0.2) is 34.6 Å². The summed E-state index contributed by atoms with van der Waals surface area (Å²) in [5.74, 6) is 0.118. The maximum Gasteiger partial charge on any atom is 0.245 e. The van der Waals surface area contributed by atoms with E-state index in [0.29, 0.717) is 16.5 Å². The molecule has 0 heterocycles. The molecule has 0 spiro atoms. The van der Waals surface area contributed by atoms with Gasteiger partial charge in [-0.25, -0.2) is 8.42 Å². The van der Waals surface area contributed by atoms with Crippen LogP contribution in [0, 0.1) is 6.92 Å². The van der Waals surface area contributed by atoms with E-state index in [2.05, 4.69) is 10.0 Å². The van der Waals surface area contributed by atoms with Gasteiger partial charge in [0.2, 0.25) is 15.9 Å². The van der Waals surface area contributed by atoms with Gasteiger partial charge in [0.25, 0.3) is 0 Å². The third-order valence-corrected chi connectivity index (χ3v) is 6.71. The van der Waals surface area contributed by atoms with Crippen molar-refractivity contribution in [3.63, 3.8) is 0 Å². The molecule has 0 aliphatic carbocycles. The molecule has 0 bridgehead atoms. The van der Waals surface area contributed by atoms with Gasteiger partial charge < -0.3 is 14.8 Å². The van der Waals surface area contributed by atoms with Crippen molar-refractivity contribution in [2.24, 2.45) is 0 Å². The van der Waals surface area contributed by atoms with E-state index < -0.39 is 22.0 Å². The Morgan fingerprint density at radius 2 is 1.64 bits per heavy atom. The largest absolute Gasteiger partial charge is 0.495 e. The summed E-state index contributed by atoms with van der Waals surface area (Å²) in [6, 6.07) is 17.7. The van der Waals surface area contributed by atoms with Crippen molar-refractivity contribution < 1.29 is 22.7 Å².